The molecule has 0 aliphatic rings. The molecule has 0 saturated heterocycles. The van der Waals surface area contributed by atoms with E-state index < -0.39 is 0 Å². The van der Waals surface area contributed by atoms with Gasteiger partial charge in [-0.1, -0.05) is 48.5 Å². The van der Waals surface area contributed by atoms with Crippen LogP contribution in [0.2, 0.25) is 0 Å². The lowest BCUT2D eigenvalue weighted by Crippen LogP contribution is -2.16. The van der Waals surface area contributed by atoms with Crippen LogP contribution in [-0.4, -0.2) is 4.57 Å². The molecule has 108 valence electrons. The zero-order valence-electron chi connectivity index (χ0n) is 11.8. The Morgan fingerprint density at radius 3 is 2.24 bits per heavy atom. The first-order valence-electron chi connectivity index (χ1n) is 6.61. The predicted octanol–water partition coefficient (Wildman–Crippen LogP) is 4.72. The number of nitrogens with zero attached hydrogens (tertiary/aromatic N) is 2. The van der Waals surface area contributed by atoms with Crippen molar-refractivity contribution in [1.82, 2.24) is 4.57 Å². The third-order valence-electron chi connectivity index (χ3n) is 3.16. The molecule has 3 rings (SSSR count). The van der Waals surface area contributed by atoms with E-state index in [-0.39, 0.29) is 17.0 Å². The summed E-state index contributed by atoms with van der Waals surface area (Å²) in [7, 11) is 0. The Morgan fingerprint density at radius 1 is 0.952 bits per heavy atom. The van der Waals surface area contributed by atoms with E-state index in [4.69, 9.17) is 4.99 Å². The minimum absolute atomic E-state index is 0. The van der Waals surface area contributed by atoms with Crippen LogP contribution in [0.4, 0.5) is 5.69 Å². The van der Waals surface area contributed by atoms with Gasteiger partial charge in [-0.2, -0.15) is 0 Å². The van der Waals surface area contributed by atoms with Gasteiger partial charge in [0, 0.05) is 11.1 Å². The van der Waals surface area contributed by atoms with Crippen molar-refractivity contribution in [3.8, 4) is 0 Å². The fourth-order valence-electron chi connectivity index (χ4n) is 2.07. The van der Waals surface area contributed by atoms with Gasteiger partial charge < -0.3 is 4.57 Å². The van der Waals surface area contributed by atoms with Gasteiger partial charge in [0.05, 0.1) is 12.2 Å². The van der Waals surface area contributed by atoms with Gasteiger partial charge >= 0.3 is 0 Å². The van der Waals surface area contributed by atoms with Crippen molar-refractivity contribution in [2.45, 2.75) is 13.5 Å². The van der Waals surface area contributed by atoms with Crippen LogP contribution in [0.25, 0.3) is 0 Å². The second-order valence-corrected chi connectivity index (χ2v) is 5.52. The molecule has 0 saturated carbocycles. The molecule has 0 amide bonds. The van der Waals surface area contributed by atoms with Crippen molar-refractivity contribution in [2.24, 2.45) is 4.99 Å². The van der Waals surface area contributed by atoms with Crippen LogP contribution in [-0.2, 0) is 6.54 Å². The molecular weight excluding hydrogens is 344 g/mol. The van der Waals surface area contributed by atoms with Gasteiger partial charge in [-0.3, -0.25) is 0 Å². The van der Waals surface area contributed by atoms with E-state index in [1.807, 2.05) is 36.4 Å². The fourth-order valence-corrected chi connectivity index (χ4v) is 2.97. The Balaban J connectivity index is 0.00000161. The Bertz CT molecular complexity index is 745. The number of aromatic nitrogens is 1. The Morgan fingerprint density at radius 2 is 1.57 bits per heavy atom. The number of para-hydroxylation sites is 1. The molecule has 4 heteroatoms. The van der Waals surface area contributed by atoms with Crippen LogP contribution in [0.1, 0.15) is 11.3 Å². The number of aryl methyl sites for hydroxylation is 1. The quantitative estimate of drug-likeness (QED) is 0.643. The maximum atomic E-state index is 4.74. The fraction of sp³-hybridized carbons (Fsp3) is 0.118. The van der Waals surface area contributed by atoms with E-state index in [0.717, 1.165) is 17.0 Å². The Hall–Kier alpha value is -1.65. The molecule has 0 fully saturated rings. The molecule has 2 aromatic carbocycles. The van der Waals surface area contributed by atoms with Crippen molar-refractivity contribution in [1.29, 1.82) is 0 Å². The first-order valence-corrected chi connectivity index (χ1v) is 7.49. The van der Waals surface area contributed by atoms with Crippen LogP contribution >= 0.6 is 28.3 Å². The first-order chi connectivity index (χ1) is 9.83. The van der Waals surface area contributed by atoms with Gasteiger partial charge in [0.2, 0.25) is 0 Å². The van der Waals surface area contributed by atoms with Gasteiger partial charge in [-0.15, -0.1) is 28.3 Å². The predicted molar refractivity (Wildman–Crippen MR) is 94.6 cm³/mol. The molecule has 2 nitrogen and oxygen atoms in total. The molecular formula is C17H17BrN2S. The molecule has 0 spiro atoms. The van der Waals surface area contributed by atoms with Gasteiger partial charge in [-0.25, -0.2) is 4.99 Å². The lowest BCUT2D eigenvalue weighted by Gasteiger charge is -2.06. The summed E-state index contributed by atoms with van der Waals surface area (Å²) >= 11 is 1.69. The van der Waals surface area contributed by atoms with Crippen LogP contribution in [0.3, 0.4) is 0 Å². The average Bonchev–Trinajstić information content (AvgIpc) is 2.83. The maximum Gasteiger partial charge on any atom is 0.190 e. The van der Waals surface area contributed by atoms with E-state index in [0.29, 0.717) is 0 Å². The molecule has 0 N–H and O–H groups in total. The topological polar surface area (TPSA) is 17.3 Å². The summed E-state index contributed by atoms with van der Waals surface area (Å²) in [6.45, 7) is 2.99. The first kappa shape index (κ1) is 15.7. The monoisotopic (exact) mass is 360 g/mol. The van der Waals surface area contributed by atoms with Crippen LogP contribution in [0.5, 0.6) is 0 Å². The summed E-state index contributed by atoms with van der Waals surface area (Å²) < 4.78 is 2.26. The van der Waals surface area contributed by atoms with E-state index in [2.05, 4.69) is 41.1 Å². The normalized spacial score (nSPS) is 11.2. The molecule has 1 aromatic heterocycles. The van der Waals surface area contributed by atoms with Crippen LogP contribution in [0.15, 0.2) is 71.0 Å². The number of hydrogen-bond donors (Lipinski definition) is 0. The largest absolute Gasteiger partial charge is 0.317 e. The summed E-state index contributed by atoms with van der Waals surface area (Å²) in [6, 6.07) is 20.6. The molecule has 0 bridgehead atoms. The summed E-state index contributed by atoms with van der Waals surface area (Å²) in [5.41, 5.74) is 3.54. The Labute approximate surface area is 139 Å². The lowest BCUT2D eigenvalue weighted by atomic mass is 10.2. The van der Waals surface area contributed by atoms with E-state index in [1.54, 1.807) is 11.3 Å². The van der Waals surface area contributed by atoms with Crippen molar-refractivity contribution in [3.63, 3.8) is 0 Å². The zero-order valence-corrected chi connectivity index (χ0v) is 14.3. The molecule has 21 heavy (non-hydrogen) atoms. The summed E-state index contributed by atoms with van der Waals surface area (Å²) in [4.78, 5) is 5.78. The number of halogens is 1. The highest BCUT2D eigenvalue weighted by Gasteiger charge is 2.02. The lowest BCUT2D eigenvalue weighted by molar-refractivity contribution is 0.742. The SMILES string of the molecule is Br.Cc1csc(=Nc2ccccc2)n1Cc1ccccc1. The second-order valence-electron chi connectivity index (χ2n) is 4.68. The number of hydrogen-bond acceptors (Lipinski definition) is 2. The minimum Gasteiger partial charge on any atom is -0.317 e. The van der Waals surface area contributed by atoms with Gasteiger partial charge in [0.1, 0.15) is 0 Å². The van der Waals surface area contributed by atoms with E-state index in [1.165, 1.54) is 11.3 Å². The molecule has 0 radical (unpaired) electrons. The number of rotatable bonds is 3. The molecule has 1 heterocycles. The summed E-state index contributed by atoms with van der Waals surface area (Å²) in [5.74, 6) is 0. The van der Waals surface area contributed by atoms with E-state index in [9.17, 15) is 0 Å². The number of benzene rings is 2. The third-order valence-corrected chi connectivity index (χ3v) is 4.14. The highest BCUT2D eigenvalue weighted by atomic mass is 79.9. The third kappa shape index (κ3) is 3.93. The molecule has 3 aromatic rings. The van der Waals surface area contributed by atoms with Crippen LogP contribution in [0, 0.1) is 6.92 Å². The van der Waals surface area contributed by atoms with Gasteiger partial charge in [-0.05, 0) is 24.6 Å². The zero-order chi connectivity index (χ0) is 13.8. The smallest absolute Gasteiger partial charge is 0.190 e. The van der Waals surface area contributed by atoms with Crippen molar-refractivity contribution < 1.29 is 0 Å². The van der Waals surface area contributed by atoms with Crippen molar-refractivity contribution in [2.75, 3.05) is 0 Å². The standard InChI is InChI=1S/C17H16N2S.BrH/c1-14-13-20-17(18-16-10-6-3-7-11-16)19(14)12-15-8-4-2-5-9-15;/h2-11,13H,12H2,1H3;1H. The maximum absolute atomic E-state index is 4.74. The molecule has 0 atom stereocenters. The van der Waals surface area contributed by atoms with Crippen molar-refractivity contribution >= 4 is 34.0 Å². The molecule has 0 aliphatic carbocycles. The van der Waals surface area contributed by atoms with E-state index >= 15 is 0 Å². The second kappa shape index (κ2) is 7.38. The summed E-state index contributed by atoms with van der Waals surface area (Å²) in [5, 5.41) is 2.16. The highest BCUT2D eigenvalue weighted by molar-refractivity contribution is 8.93. The average molecular weight is 361 g/mol. The minimum atomic E-state index is 0. The molecule has 0 aliphatic heterocycles. The highest BCUT2D eigenvalue weighted by Crippen LogP contribution is 2.11. The summed E-state index contributed by atoms with van der Waals surface area (Å²) in [6.07, 6.45) is 0. The Kier molecular flexibility index (Phi) is 5.53. The van der Waals surface area contributed by atoms with Gasteiger partial charge in [0.15, 0.2) is 4.80 Å². The van der Waals surface area contributed by atoms with Crippen molar-refractivity contribution in [3.05, 3.63) is 82.1 Å². The number of thiazole rings is 1. The molecule has 0 unspecified atom stereocenters. The van der Waals surface area contributed by atoms with Crippen LogP contribution < -0.4 is 4.80 Å². The van der Waals surface area contributed by atoms with Gasteiger partial charge in [0.25, 0.3) is 0 Å².